The number of piperidine rings is 1. The molecule has 27 heavy (non-hydrogen) atoms. The number of nitrogens with zero attached hydrogens (tertiary/aromatic N) is 1. The molecule has 0 bridgehead atoms. The van der Waals surface area contributed by atoms with Crippen molar-refractivity contribution < 1.29 is 24.5 Å². The molecule has 1 saturated heterocycles. The number of likely N-dealkylation sites (tertiary alicyclic amines) is 1. The molecule has 2 N–H and O–H groups in total. The lowest BCUT2D eigenvalue weighted by atomic mass is 9.73. The molecule has 1 aliphatic carbocycles. The Kier molecular flexibility index (Phi) is 5.47. The molecule has 1 aromatic carbocycles. The van der Waals surface area contributed by atoms with Crippen molar-refractivity contribution in [1.29, 1.82) is 0 Å². The molecule has 148 valence electrons. The molecular weight excluding hydrogens is 346 g/mol. The van der Waals surface area contributed by atoms with Gasteiger partial charge in [-0.25, -0.2) is 0 Å². The Hall–Kier alpha value is -2.08. The maximum Gasteiger partial charge on any atom is 0.314 e. The third kappa shape index (κ3) is 3.95. The third-order valence-electron chi connectivity index (χ3n) is 6.13. The molecule has 6 nitrogen and oxygen atoms in total. The fourth-order valence-electron chi connectivity index (χ4n) is 4.00. The van der Waals surface area contributed by atoms with Crippen LogP contribution in [0.2, 0.25) is 0 Å². The van der Waals surface area contributed by atoms with E-state index in [1.165, 1.54) is 0 Å². The summed E-state index contributed by atoms with van der Waals surface area (Å²) in [4.78, 5) is 26.3. The third-order valence-corrected chi connectivity index (χ3v) is 6.13. The first-order valence-electron chi connectivity index (χ1n) is 9.63. The van der Waals surface area contributed by atoms with Crippen LogP contribution < -0.4 is 4.74 Å². The molecule has 6 heteroatoms. The van der Waals surface area contributed by atoms with E-state index in [-0.39, 0.29) is 25.5 Å². The monoisotopic (exact) mass is 375 g/mol. The van der Waals surface area contributed by atoms with Crippen molar-refractivity contribution in [2.45, 2.75) is 52.6 Å². The Labute approximate surface area is 160 Å². The summed E-state index contributed by atoms with van der Waals surface area (Å²) in [5.74, 6) is -0.183. The highest BCUT2D eigenvalue weighted by Gasteiger charge is 2.52. The van der Waals surface area contributed by atoms with E-state index in [2.05, 4.69) is 0 Å². The van der Waals surface area contributed by atoms with Crippen LogP contribution in [0.25, 0.3) is 0 Å². The van der Waals surface area contributed by atoms with Crippen molar-refractivity contribution in [2.24, 2.45) is 11.3 Å². The van der Waals surface area contributed by atoms with Gasteiger partial charge in [0, 0.05) is 13.1 Å². The zero-order valence-electron chi connectivity index (χ0n) is 16.3. The number of hydrogen-bond acceptors (Lipinski definition) is 4. The van der Waals surface area contributed by atoms with Crippen LogP contribution in [-0.4, -0.2) is 52.8 Å². The van der Waals surface area contributed by atoms with Gasteiger partial charge in [-0.2, -0.15) is 0 Å². The lowest BCUT2D eigenvalue weighted by molar-refractivity contribution is -0.167. The molecule has 0 aromatic heterocycles. The standard InChI is InChI=1S/C21H29NO5/c1-13-4-5-14(2)19(15(13)3)27-11-18(24)22-9-8-17(23)21(12-22,20(25)26)10-16-6-7-16/h4-5,16-17,23H,6-12H2,1-3H3,(H,25,26)/t17?,21-/m0/s1. The van der Waals surface area contributed by atoms with E-state index in [1.807, 2.05) is 32.9 Å². The number of aliphatic hydroxyl groups is 1. The average Bonchev–Trinajstić information content (AvgIpc) is 3.43. The quantitative estimate of drug-likeness (QED) is 0.798. The lowest BCUT2D eigenvalue weighted by Gasteiger charge is -2.43. The second-order valence-electron chi connectivity index (χ2n) is 8.17. The van der Waals surface area contributed by atoms with Crippen molar-refractivity contribution in [3.05, 3.63) is 28.8 Å². The van der Waals surface area contributed by atoms with Crippen LogP contribution in [0.3, 0.4) is 0 Å². The molecule has 2 aliphatic rings. The minimum Gasteiger partial charge on any atom is -0.483 e. The number of aryl methyl sites for hydroxylation is 2. The first-order valence-corrected chi connectivity index (χ1v) is 9.63. The van der Waals surface area contributed by atoms with E-state index in [0.29, 0.717) is 24.6 Å². The van der Waals surface area contributed by atoms with Gasteiger partial charge in [0.25, 0.3) is 5.91 Å². The number of carbonyl (C=O) groups excluding carboxylic acids is 1. The summed E-state index contributed by atoms with van der Waals surface area (Å²) in [6, 6.07) is 3.98. The van der Waals surface area contributed by atoms with Gasteiger partial charge in [-0.15, -0.1) is 0 Å². The summed E-state index contributed by atoms with van der Waals surface area (Å²) >= 11 is 0. The maximum absolute atomic E-state index is 12.7. The number of aliphatic hydroxyl groups excluding tert-OH is 1. The van der Waals surface area contributed by atoms with Gasteiger partial charge in [-0.3, -0.25) is 9.59 Å². The number of rotatable bonds is 6. The van der Waals surface area contributed by atoms with Crippen LogP contribution in [0.15, 0.2) is 12.1 Å². The highest BCUT2D eigenvalue weighted by atomic mass is 16.5. The Morgan fingerprint density at radius 2 is 1.85 bits per heavy atom. The zero-order valence-corrected chi connectivity index (χ0v) is 16.3. The number of aliphatic carboxylic acids is 1. The SMILES string of the molecule is Cc1ccc(C)c(OCC(=O)N2CCC(O)[C@@](CC3CC3)(C(=O)O)C2)c1C. The molecule has 0 radical (unpaired) electrons. The minimum absolute atomic E-state index is 0.0496. The van der Waals surface area contributed by atoms with E-state index >= 15 is 0 Å². The topological polar surface area (TPSA) is 87.1 Å². The van der Waals surface area contributed by atoms with Gasteiger partial charge in [0.15, 0.2) is 6.61 Å². The molecule has 1 aliphatic heterocycles. The number of carbonyl (C=O) groups is 2. The summed E-state index contributed by atoms with van der Waals surface area (Å²) in [6.07, 6.45) is 1.81. The van der Waals surface area contributed by atoms with Gasteiger partial charge in [0.1, 0.15) is 11.2 Å². The van der Waals surface area contributed by atoms with Crippen molar-refractivity contribution in [3.8, 4) is 5.75 Å². The maximum atomic E-state index is 12.7. The fourth-order valence-corrected chi connectivity index (χ4v) is 4.00. The first-order chi connectivity index (χ1) is 12.7. The predicted octanol–water partition coefficient (Wildman–Crippen LogP) is 2.45. The number of carboxylic acids is 1. The summed E-state index contributed by atoms with van der Waals surface area (Å²) in [5, 5.41) is 20.2. The largest absolute Gasteiger partial charge is 0.483 e. The van der Waals surface area contributed by atoms with Gasteiger partial charge in [0.2, 0.25) is 0 Å². The average molecular weight is 375 g/mol. The summed E-state index contributed by atoms with van der Waals surface area (Å²) in [5.41, 5.74) is 1.81. The molecular formula is C21H29NO5. The van der Waals surface area contributed by atoms with Crippen LogP contribution in [0.5, 0.6) is 5.75 Å². The number of ether oxygens (including phenoxy) is 1. The van der Waals surface area contributed by atoms with Crippen LogP contribution in [0.1, 0.15) is 42.4 Å². The minimum atomic E-state index is -1.26. The first kappa shape index (κ1) is 19.7. The van der Waals surface area contributed by atoms with Gasteiger partial charge < -0.3 is 19.8 Å². The second-order valence-corrected chi connectivity index (χ2v) is 8.17. The summed E-state index contributed by atoms with van der Waals surface area (Å²) < 4.78 is 5.81. The van der Waals surface area contributed by atoms with Crippen LogP contribution in [0.4, 0.5) is 0 Å². The van der Waals surface area contributed by atoms with Crippen molar-refractivity contribution in [3.63, 3.8) is 0 Å². The number of carboxylic acid groups (broad SMARTS) is 1. The van der Waals surface area contributed by atoms with E-state index < -0.39 is 17.5 Å². The summed E-state index contributed by atoms with van der Waals surface area (Å²) in [7, 11) is 0. The van der Waals surface area contributed by atoms with Crippen LogP contribution >= 0.6 is 0 Å². The molecule has 2 fully saturated rings. The molecule has 1 unspecified atom stereocenters. The Morgan fingerprint density at radius 3 is 2.48 bits per heavy atom. The van der Waals surface area contributed by atoms with Crippen molar-refractivity contribution in [1.82, 2.24) is 4.90 Å². The van der Waals surface area contributed by atoms with E-state index in [4.69, 9.17) is 4.74 Å². The molecule has 1 aromatic rings. The Morgan fingerprint density at radius 1 is 1.19 bits per heavy atom. The molecule has 1 heterocycles. The molecule has 1 amide bonds. The van der Waals surface area contributed by atoms with Crippen LogP contribution in [-0.2, 0) is 9.59 Å². The van der Waals surface area contributed by atoms with Crippen LogP contribution in [0, 0.1) is 32.1 Å². The second kappa shape index (κ2) is 7.50. The Balaban J connectivity index is 1.70. The smallest absolute Gasteiger partial charge is 0.314 e. The number of hydrogen-bond donors (Lipinski definition) is 2. The Bertz CT molecular complexity index is 742. The zero-order chi connectivity index (χ0) is 19.8. The van der Waals surface area contributed by atoms with E-state index in [0.717, 1.165) is 29.5 Å². The fraction of sp³-hybridized carbons (Fsp3) is 0.619. The number of benzene rings is 1. The lowest BCUT2D eigenvalue weighted by Crippen LogP contribution is -2.58. The number of amides is 1. The van der Waals surface area contributed by atoms with E-state index in [9.17, 15) is 19.8 Å². The van der Waals surface area contributed by atoms with Gasteiger partial charge in [0.05, 0.1) is 6.10 Å². The highest BCUT2D eigenvalue weighted by Crippen LogP contribution is 2.45. The molecule has 3 rings (SSSR count). The molecule has 0 spiro atoms. The van der Waals surface area contributed by atoms with E-state index in [1.54, 1.807) is 4.90 Å². The van der Waals surface area contributed by atoms with Crippen molar-refractivity contribution >= 4 is 11.9 Å². The van der Waals surface area contributed by atoms with Gasteiger partial charge >= 0.3 is 5.97 Å². The predicted molar refractivity (Wildman–Crippen MR) is 101 cm³/mol. The highest BCUT2D eigenvalue weighted by molar-refractivity contribution is 5.81. The van der Waals surface area contributed by atoms with Gasteiger partial charge in [-0.1, -0.05) is 25.0 Å². The van der Waals surface area contributed by atoms with Crippen molar-refractivity contribution in [2.75, 3.05) is 19.7 Å². The molecule has 1 saturated carbocycles. The van der Waals surface area contributed by atoms with Gasteiger partial charge in [-0.05, 0) is 56.2 Å². The molecule has 2 atom stereocenters. The normalized spacial score (nSPS) is 25.3. The summed E-state index contributed by atoms with van der Waals surface area (Å²) in [6.45, 7) is 6.18.